The first-order chi connectivity index (χ1) is 8.66. The summed E-state index contributed by atoms with van der Waals surface area (Å²) >= 11 is 0. The van der Waals surface area contributed by atoms with Gasteiger partial charge in [0.15, 0.2) is 5.78 Å². The molecule has 0 saturated carbocycles. The van der Waals surface area contributed by atoms with Crippen molar-refractivity contribution in [2.24, 2.45) is 5.92 Å². The van der Waals surface area contributed by atoms with Crippen molar-refractivity contribution in [3.8, 4) is 0 Å². The molecule has 0 spiro atoms. The number of hydrogen-bond donors (Lipinski definition) is 0. The number of rotatable bonds is 4. The van der Waals surface area contributed by atoms with Crippen LogP contribution in [0.25, 0.3) is 0 Å². The summed E-state index contributed by atoms with van der Waals surface area (Å²) in [6.45, 7) is 4.33. The molecule has 92 valence electrons. The summed E-state index contributed by atoms with van der Waals surface area (Å²) in [6, 6.07) is 7.77. The zero-order valence-corrected chi connectivity index (χ0v) is 10.6. The molecule has 0 amide bonds. The quantitative estimate of drug-likeness (QED) is 0.772. The third-order valence-electron chi connectivity index (χ3n) is 2.66. The van der Waals surface area contributed by atoms with Gasteiger partial charge in [-0.2, -0.15) is 0 Å². The molecule has 3 heteroatoms. The summed E-state index contributed by atoms with van der Waals surface area (Å²) in [7, 11) is 0. The van der Waals surface area contributed by atoms with Gasteiger partial charge in [-0.3, -0.25) is 4.79 Å². The average molecular weight is 240 g/mol. The molecule has 0 radical (unpaired) electrons. The molecule has 2 rings (SSSR count). The fraction of sp³-hybridized carbons (Fsp3) is 0.267. The second-order valence-electron chi connectivity index (χ2n) is 4.75. The first kappa shape index (κ1) is 12.4. The Morgan fingerprint density at radius 2 is 1.89 bits per heavy atom. The van der Waals surface area contributed by atoms with Crippen LogP contribution in [0.2, 0.25) is 0 Å². The fourth-order valence-electron chi connectivity index (χ4n) is 1.89. The summed E-state index contributed by atoms with van der Waals surface area (Å²) in [5, 5.41) is 0. The smallest absolute Gasteiger partial charge is 0.196 e. The van der Waals surface area contributed by atoms with Gasteiger partial charge in [-0.25, -0.2) is 9.97 Å². The van der Waals surface area contributed by atoms with Crippen molar-refractivity contribution in [1.29, 1.82) is 0 Å². The maximum atomic E-state index is 12.2. The molecule has 1 heterocycles. The molecule has 2 aromatic rings. The minimum atomic E-state index is -0.0267. The van der Waals surface area contributed by atoms with Crippen molar-refractivity contribution in [1.82, 2.24) is 9.97 Å². The molecule has 0 saturated heterocycles. The molecule has 0 bridgehead atoms. The van der Waals surface area contributed by atoms with Crippen molar-refractivity contribution in [2.45, 2.75) is 20.3 Å². The Morgan fingerprint density at radius 1 is 1.17 bits per heavy atom. The van der Waals surface area contributed by atoms with E-state index in [1.165, 1.54) is 11.9 Å². The average Bonchev–Trinajstić information content (AvgIpc) is 2.38. The molecule has 1 aromatic carbocycles. The van der Waals surface area contributed by atoms with Crippen LogP contribution in [0.3, 0.4) is 0 Å². The van der Waals surface area contributed by atoms with E-state index in [4.69, 9.17) is 0 Å². The van der Waals surface area contributed by atoms with Crippen molar-refractivity contribution in [3.05, 3.63) is 59.7 Å². The third kappa shape index (κ3) is 3.00. The van der Waals surface area contributed by atoms with Crippen molar-refractivity contribution in [2.75, 3.05) is 0 Å². The van der Waals surface area contributed by atoms with E-state index in [1.54, 1.807) is 12.4 Å². The van der Waals surface area contributed by atoms with Crippen molar-refractivity contribution in [3.63, 3.8) is 0 Å². The van der Waals surface area contributed by atoms with Crippen molar-refractivity contribution < 1.29 is 4.79 Å². The van der Waals surface area contributed by atoms with Crippen LogP contribution in [0.1, 0.15) is 35.3 Å². The number of hydrogen-bond acceptors (Lipinski definition) is 3. The predicted octanol–water partition coefficient (Wildman–Crippen LogP) is 2.91. The SMILES string of the molecule is CC(C)Cc1cccc(C(=O)c2cncnc2)c1. The molecule has 18 heavy (non-hydrogen) atoms. The highest BCUT2D eigenvalue weighted by atomic mass is 16.1. The largest absolute Gasteiger partial charge is 0.288 e. The number of nitrogens with zero attached hydrogens (tertiary/aromatic N) is 2. The highest BCUT2D eigenvalue weighted by Crippen LogP contribution is 2.13. The fourth-order valence-corrected chi connectivity index (χ4v) is 1.89. The van der Waals surface area contributed by atoms with E-state index in [2.05, 4.69) is 29.9 Å². The Labute approximate surface area is 107 Å². The Hall–Kier alpha value is -2.03. The number of aromatic nitrogens is 2. The molecule has 1 aromatic heterocycles. The number of benzene rings is 1. The summed E-state index contributed by atoms with van der Waals surface area (Å²) in [5.41, 5.74) is 2.41. The van der Waals surface area contributed by atoms with Gasteiger partial charge in [0.25, 0.3) is 0 Å². The first-order valence-electron chi connectivity index (χ1n) is 6.05. The van der Waals surface area contributed by atoms with Crippen LogP contribution < -0.4 is 0 Å². The minimum absolute atomic E-state index is 0.0267. The maximum Gasteiger partial charge on any atom is 0.196 e. The van der Waals surface area contributed by atoms with Gasteiger partial charge in [-0.15, -0.1) is 0 Å². The van der Waals surface area contributed by atoms with Gasteiger partial charge in [0.1, 0.15) is 6.33 Å². The van der Waals surface area contributed by atoms with Crippen LogP contribution in [0, 0.1) is 5.92 Å². The van der Waals surface area contributed by atoms with Gasteiger partial charge in [-0.1, -0.05) is 32.0 Å². The van der Waals surface area contributed by atoms with Crippen LogP contribution in [0.15, 0.2) is 43.0 Å². The van der Waals surface area contributed by atoms with Gasteiger partial charge in [0.05, 0.1) is 5.56 Å². The van der Waals surface area contributed by atoms with Gasteiger partial charge in [0, 0.05) is 18.0 Å². The van der Waals surface area contributed by atoms with Crippen molar-refractivity contribution >= 4 is 5.78 Å². The molecule has 0 aliphatic rings. The lowest BCUT2D eigenvalue weighted by Crippen LogP contribution is -2.04. The van der Waals surface area contributed by atoms with Gasteiger partial charge >= 0.3 is 0 Å². The van der Waals surface area contributed by atoms with E-state index < -0.39 is 0 Å². The van der Waals surface area contributed by atoms with E-state index >= 15 is 0 Å². The van der Waals surface area contributed by atoms with Crippen LogP contribution >= 0.6 is 0 Å². The summed E-state index contributed by atoms with van der Waals surface area (Å²) in [5.74, 6) is 0.552. The minimum Gasteiger partial charge on any atom is -0.288 e. The van der Waals surface area contributed by atoms with Gasteiger partial charge in [0.2, 0.25) is 0 Å². The van der Waals surface area contributed by atoms with E-state index in [0.717, 1.165) is 6.42 Å². The summed E-state index contributed by atoms with van der Waals surface area (Å²) in [4.78, 5) is 19.9. The van der Waals surface area contributed by atoms with E-state index in [0.29, 0.717) is 17.0 Å². The van der Waals surface area contributed by atoms with Gasteiger partial charge < -0.3 is 0 Å². The highest BCUT2D eigenvalue weighted by Gasteiger charge is 2.10. The lowest BCUT2D eigenvalue weighted by Gasteiger charge is -2.06. The Morgan fingerprint density at radius 3 is 2.56 bits per heavy atom. The predicted molar refractivity (Wildman–Crippen MR) is 70.4 cm³/mol. The molecule has 0 unspecified atom stereocenters. The zero-order chi connectivity index (χ0) is 13.0. The maximum absolute atomic E-state index is 12.2. The molecule has 3 nitrogen and oxygen atoms in total. The lowest BCUT2D eigenvalue weighted by molar-refractivity contribution is 0.103. The van der Waals surface area contributed by atoms with E-state index in [-0.39, 0.29) is 5.78 Å². The molecule has 0 aliphatic heterocycles. The second-order valence-corrected chi connectivity index (χ2v) is 4.75. The van der Waals surface area contributed by atoms with Crippen LogP contribution in [-0.4, -0.2) is 15.8 Å². The number of ketones is 1. The van der Waals surface area contributed by atoms with Crippen LogP contribution in [0.5, 0.6) is 0 Å². The first-order valence-corrected chi connectivity index (χ1v) is 6.05. The molecular weight excluding hydrogens is 224 g/mol. The molecule has 0 fully saturated rings. The van der Waals surface area contributed by atoms with Gasteiger partial charge in [-0.05, 0) is 24.0 Å². The summed E-state index contributed by atoms with van der Waals surface area (Å²) < 4.78 is 0. The van der Waals surface area contributed by atoms with Crippen LogP contribution in [0.4, 0.5) is 0 Å². The number of carbonyl (C=O) groups excluding carboxylic acids is 1. The number of carbonyl (C=O) groups is 1. The second kappa shape index (κ2) is 5.54. The zero-order valence-electron chi connectivity index (χ0n) is 10.6. The highest BCUT2D eigenvalue weighted by molar-refractivity contribution is 6.08. The third-order valence-corrected chi connectivity index (χ3v) is 2.66. The topological polar surface area (TPSA) is 42.9 Å². The Balaban J connectivity index is 2.26. The summed E-state index contributed by atoms with van der Waals surface area (Å²) in [6.07, 6.45) is 5.49. The Kier molecular flexibility index (Phi) is 3.82. The molecule has 0 atom stereocenters. The normalized spacial score (nSPS) is 10.6. The van der Waals surface area contributed by atoms with E-state index in [1.807, 2.05) is 18.2 Å². The van der Waals surface area contributed by atoms with E-state index in [9.17, 15) is 4.79 Å². The van der Waals surface area contributed by atoms with Crippen LogP contribution in [-0.2, 0) is 6.42 Å². The molecule has 0 N–H and O–H groups in total. The lowest BCUT2D eigenvalue weighted by atomic mass is 9.98. The monoisotopic (exact) mass is 240 g/mol. The standard InChI is InChI=1S/C15H16N2O/c1-11(2)6-12-4-3-5-13(7-12)15(18)14-8-16-10-17-9-14/h3-5,7-11H,6H2,1-2H3. The molecule has 0 aliphatic carbocycles. The Bertz CT molecular complexity index is 535. The molecular formula is C15H16N2O.